The molecule has 0 saturated heterocycles. The van der Waals surface area contributed by atoms with E-state index in [9.17, 15) is 19.2 Å². The number of hydrogen-bond donors (Lipinski definition) is 2. The van der Waals surface area contributed by atoms with E-state index in [0.717, 1.165) is 12.8 Å². The molecule has 0 radical (unpaired) electrons. The predicted octanol–water partition coefficient (Wildman–Crippen LogP) is 2.54. The van der Waals surface area contributed by atoms with E-state index in [1.807, 2.05) is 6.92 Å². The van der Waals surface area contributed by atoms with Crippen molar-refractivity contribution < 1.29 is 33.1 Å². The van der Waals surface area contributed by atoms with Gasteiger partial charge in [0.15, 0.2) is 12.4 Å². The van der Waals surface area contributed by atoms with Crippen LogP contribution in [0.5, 0.6) is 0 Å². The molecule has 0 bridgehead atoms. The Morgan fingerprint density at radius 2 is 1.80 bits per heavy atom. The molecule has 1 aromatic heterocycles. The summed E-state index contributed by atoms with van der Waals surface area (Å²) in [4.78, 5) is 47.0. The molecule has 0 aliphatic carbocycles. The van der Waals surface area contributed by atoms with Gasteiger partial charge in [-0.2, -0.15) is 0 Å². The molecule has 2 aromatic rings. The Labute approximate surface area is 173 Å². The number of anilines is 1. The molecule has 2 N–H and O–H groups in total. The topological polar surface area (TPSA) is 124 Å². The van der Waals surface area contributed by atoms with Crippen molar-refractivity contribution in [2.24, 2.45) is 0 Å². The van der Waals surface area contributed by atoms with Crippen LogP contribution in [-0.4, -0.2) is 43.5 Å². The van der Waals surface area contributed by atoms with Gasteiger partial charge in [0.2, 0.25) is 0 Å². The lowest BCUT2D eigenvalue weighted by Crippen LogP contribution is -2.27. The standard InChI is InChI=1S/C21H24N2O7/c1-2-3-12-29-21(27)15-6-8-16(9-7-15)23-18(24)14-30-19(25)10-11-22-20(26)17-5-4-13-28-17/h4-9,13H,2-3,10-12,14H2,1H3,(H,22,26)(H,23,24). The summed E-state index contributed by atoms with van der Waals surface area (Å²) in [5, 5.41) is 5.06. The summed E-state index contributed by atoms with van der Waals surface area (Å²) in [6.45, 7) is 1.95. The number of amides is 2. The first-order valence-corrected chi connectivity index (χ1v) is 9.54. The summed E-state index contributed by atoms with van der Waals surface area (Å²) in [5.74, 6) is -1.88. The Morgan fingerprint density at radius 1 is 1.03 bits per heavy atom. The van der Waals surface area contributed by atoms with Crippen LogP contribution in [0, 0.1) is 0 Å². The van der Waals surface area contributed by atoms with Crippen molar-refractivity contribution in [3.63, 3.8) is 0 Å². The average Bonchev–Trinajstić information content (AvgIpc) is 3.28. The zero-order valence-electron chi connectivity index (χ0n) is 16.6. The van der Waals surface area contributed by atoms with Crippen molar-refractivity contribution in [3.8, 4) is 0 Å². The lowest BCUT2D eigenvalue weighted by atomic mass is 10.2. The molecule has 2 rings (SSSR count). The van der Waals surface area contributed by atoms with Crippen LogP contribution in [-0.2, 0) is 19.1 Å². The summed E-state index contributed by atoms with van der Waals surface area (Å²) in [6, 6.07) is 9.27. The van der Waals surface area contributed by atoms with E-state index < -0.39 is 30.4 Å². The highest BCUT2D eigenvalue weighted by molar-refractivity contribution is 5.94. The summed E-state index contributed by atoms with van der Waals surface area (Å²) in [6.07, 6.45) is 3.01. The SMILES string of the molecule is CCCCOC(=O)c1ccc(NC(=O)COC(=O)CCNC(=O)c2ccco2)cc1. The van der Waals surface area contributed by atoms with E-state index in [1.165, 1.54) is 24.5 Å². The van der Waals surface area contributed by atoms with Crippen molar-refractivity contribution in [3.05, 3.63) is 54.0 Å². The normalized spacial score (nSPS) is 10.2. The number of furan rings is 1. The fraction of sp³-hybridized carbons (Fsp3) is 0.333. The Balaban J connectivity index is 1.65. The molecule has 1 heterocycles. The molecule has 9 nitrogen and oxygen atoms in total. The van der Waals surface area contributed by atoms with E-state index in [-0.39, 0.29) is 18.7 Å². The molecule has 0 fully saturated rings. The monoisotopic (exact) mass is 416 g/mol. The Kier molecular flexibility index (Phi) is 9.11. The minimum Gasteiger partial charge on any atom is -0.462 e. The fourth-order valence-electron chi connectivity index (χ4n) is 2.27. The molecule has 0 spiro atoms. The van der Waals surface area contributed by atoms with Crippen LogP contribution >= 0.6 is 0 Å². The second-order valence-electron chi connectivity index (χ2n) is 6.26. The van der Waals surface area contributed by atoms with Crippen molar-refractivity contribution in [1.82, 2.24) is 5.32 Å². The Bertz CT molecular complexity index is 845. The van der Waals surface area contributed by atoms with Gasteiger partial charge in [-0.1, -0.05) is 13.3 Å². The van der Waals surface area contributed by atoms with Crippen molar-refractivity contribution in [2.75, 3.05) is 25.1 Å². The van der Waals surface area contributed by atoms with E-state index in [4.69, 9.17) is 13.9 Å². The number of ether oxygens (including phenoxy) is 2. The van der Waals surface area contributed by atoms with Crippen LogP contribution < -0.4 is 10.6 Å². The average molecular weight is 416 g/mol. The van der Waals surface area contributed by atoms with Crippen molar-refractivity contribution in [2.45, 2.75) is 26.2 Å². The minimum absolute atomic E-state index is 0.0514. The maximum atomic E-state index is 11.9. The highest BCUT2D eigenvalue weighted by Gasteiger charge is 2.12. The molecule has 30 heavy (non-hydrogen) atoms. The highest BCUT2D eigenvalue weighted by Crippen LogP contribution is 2.11. The second kappa shape index (κ2) is 12.1. The zero-order chi connectivity index (χ0) is 21.8. The van der Waals surface area contributed by atoms with E-state index in [2.05, 4.69) is 10.6 Å². The lowest BCUT2D eigenvalue weighted by Gasteiger charge is -2.08. The van der Waals surface area contributed by atoms with Gasteiger partial charge in [-0.15, -0.1) is 0 Å². The van der Waals surface area contributed by atoms with Gasteiger partial charge >= 0.3 is 11.9 Å². The molecule has 0 unspecified atom stereocenters. The molecule has 0 aliphatic heterocycles. The molecule has 0 atom stereocenters. The molecular weight excluding hydrogens is 392 g/mol. The van der Waals surface area contributed by atoms with Crippen molar-refractivity contribution in [1.29, 1.82) is 0 Å². The largest absolute Gasteiger partial charge is 0.462 e. The smallest absolute Gasteiger partial charge is 0.338 e. The van der Waals surface area contributed by atoms with Crippen LogP contribution in [0.3, 0.4) is 0 Å². The number of carbonyl (C=O) groups is 4. The lowest BCUT2D eigenvalue weighted by molar-refractivity contribution is -0.147. The zero-order valence-corrected chi connectivity index (χ0v) is 16.6. The van der Waals surface area contributed by atoms with Gasteiger partial charge < -0.3 is 24.5 Å². The third-order valence-corrected chi connectivity index (χ3v) is 3.86. The molecule has 0 saturated carbocycles. The number of esters is 2. The highest BCUT2D eigenvalue weighted by atomic mass is 16.5. The quantitative estimate of drug-likeness (QED) is 0.426. The summed E-state index contributed by atoms with van der Waals surface area (Å²) >= 11 is 0. The number of hydrogen-bond acceptors (Lipinski definition) is 7. The van der Waals surface area contributed by atoms with Gasteiger partial charge in [0.25, 0.3) is 11.8 Å². The predicted molar refractivity (Wildman–Crippen MR) is 107 cm³/mol. The van der Waals surface area contributed by atoms with Crippen LogP contribution in [0.2, 0.25) is 0 Å². The number of unbranched alkanes of at least 4 members (excludes halogenated alkanes) is 1. The third-order valence-electron chi connectivity index (χ3n) is 3.86. The molecule has 2 amide bonds. The first-order chi connectivity index (χ1) is 14.5. The van der Waals surface area contributed by atoms with Gasteiger partial charge in [0, 0.05) is 12.2 Å². The number of benzene rings is 1. The van der Waals surface area contributed by atoms with E-state index >= 15 is 0 Å². The van der Waals surface area contributed by atoms with Crippen LogP contribution in [0.15, 0.2) is 47.1 Å². The van der Waals surface area contributed by atoms with E-state index in [0.29, 0.717) is 17.9 Å². The van der Waals surface area contributed by atoms with Crippen LogP contribution in [0.1, 0.15) is 47.1 Å². The third kappa shape index (κ3) is 7.78. The summed E-state index contributed by atoms with van der Waals surface area (Å²) in [7, 11) is 0. The fourth-order valence-corrected chi connectivity index (χ4v) is 2.27. The molecule has 9 heteroatoms. The maximum Gasteiger partial charge on any atom is 0.338 e. The minimum atomic E-state index is -0.630. The molecular formula is C21H24N2O7. The number of carbonyl (C=O) groups excluding carboxylic acids is 4. The number of nitrogens with one attached hydrogen (secondary N) is 2. The van der Waals surface area contributed by atoms with Gasteiger partial charge in [0.1, 0.15) is 0 Å². The molecule has 0 aliphatic rings. The van der Waals surface area contributed by atoms with Crippen LogP contribution in [0.4, 0.5) is 5.69 Å². The Morgan fingerprint density at radius 3 is 2.47 bits per heavy atom. The Hall–Kier alpha value is -3.62. The van der Waals surface area contributed by atoms with Gasteiger partial charge in [-0.25, -0.2) is 4.79 Å². The summed E-state index contributed by atoms with van der Waals surface area (Å²) in [5.41, 5.74) is 0.832. The van der Waals surface area contributed by atoms with Gasteiger partial charge in [-0.3, -0.25) is 14.4 Å². The van der Waals surface area contributed by atoms with Gasteiger partial charge in [-0.05, 0) is 42.8 Å². The molecule has 160 valence electrons. The first-order valence-electron chi connectivity index (χ1n) is 9.54. The number of rotatable bonds is 11. The summed E-state index contributed by atoms with van der Waals surface area (Å²) < 4.78 is 14.9. The maximum absolute atomic E-state index is 11.9. The van der Waals surface area contributed by atoms with Crippen molar-refractivity contribution >= 4 is 29.4 Å². The van der Waals surface area contributed by atoms with E-state index in [1.54, 1.807) is 18.2 Å². The van der Waals surface area contributed by atoms with Gasteiger partial charge in [0.05, 0.1) is 24.9 Å². The van der Waals surface area contributed by atoms with Crippen LogP contribution in [0.25, 0.3) is 0 Å². The first kappa shape index (κ1) is 22.7. The second-order valence-corrected chi connectivity index (χ2v) is 6.26. The molecule has 1 aromatic carbocycles.